The van der Waals surface area contributed by atoms with Crippen molar-refractivity contribution in [2.24, 2.45) is 0 Å². The molecule has 0 atom stereocenters. The van der Waals surface area contributed by atoms with E-state index in [1.54, 1.807) is 0 Å². The standard InChI is InChI=1S/C46H35N5/c1-46(2,41-29-17-28-39(47-41)32-18-7-3-8-19-32)42-37(30-31-40(48-42)33-20-9-4-10-21-33)36-26-15-16-27-38(36)45-50-43(34-22-11-5-12-23-34)49-44(51-45)35-24-13-6-14-25-35/h3-31H,1-2H3. The lowest BCUT2D eigenvalue weighted by atomic mass is 9.79. The summed E-state index contributed by atoms with van der Waals surface area (Å²) in [6.07, 6.45) is 0. The van der Waals surface area contributed by atoms with Crippen molar-refractivity contribution >= 4 is 0 Å². The van der Waals surface area contributed by atoms with E-state index in [2.05, 4.69) is 86.6 Å². The van der Waals surface area contributed by atoms with Crippen LogP contribution in [0.5, 0.6) is 0 Å². The largest absolute Gasteiger partial charge is 0.252 e. The fourth-order valence-electron chi connectivity index (χ4n) is 6.44. The summed E-state index contributed by atoms with van der Waals surface area (Å²) >= 11 is 0. The molecule has 0 saturated carbocycles. The number of nitrogens with zero attached hydrogens (tertiary/aromatic N) is 5. The molecule has 0 saturated heterocycles. The number of rotatable bonds is 8. The quantitative estimate of drug-likeness (QED) is 0.163. The SMILES string of the molecule is CC(C)(c1cccc(-c2ccccc2)n1)c1nc(-c2ccccc2)ccc1-c1ccccc1-c1nc(-c2ccccc2)nc(-c2ccccc2)n1. The summed E-state index contributed by atoms with van der Waals surface area (Å²) in [5, 5.41) is 0. The molecule has 0 bridgehead atoms. The maximum Gasteiger partial charge on any atom is 0.164 e. The Bertz CT molecular complexity index is 2370. The van der Waals surface area contributed by atoms with Crippen molar-refractivity contribution < 1.29 is 0 Å². The van der Waals surface area contributed by atoms with Crippen molar-refractivity contribution in [3.8, 4) is 67.8 Å². The monoisotopic (exact) mass is 657 g/mol. The Morgan fingerprint density at radius 2 is 0.765 bits per heavy atom. The van der Waals surface area contributed by atoms with Gasteiger partial charge in [0, 0.05) is 38.8 Å². The molecule has 5 heteroatoms. The van der Waals surface area contributed by atoms with Crippen LogP contribution >= 0.6 is 0 Å². The second-order valence-corrected chi connectivity index (χ2v) is 12.9. The third-order valence-electron chi connectivity index (χ3n) is 9.17. The first-order valence-corrected chi connectivity index (χ1v) is 17.1. The summed E-state index contributed by atoms with van der Waals surface area (Å²) in [6.45, 7) is 4.41. The first-order chi connectivity index (χ1) is 25.0. The van der Waals surface area contributed by atoms with E-state index >= 15 is 0 Å². The predicted molar refractivity (Wildman–Crippen MR) is 207 cm³/mol. The molecule has 0 aliphatic heterocycles. The molecular weight excluding hydrogens is 623 g/mol. The highest BCUT2D eigenvalue weighted by atomic mass is 15.0. The Labute approximate surface area is 298 Å². The number of pyridine rings is 2. The summed E-state index contributed by atoms with van der Waals surface area (Å²) < 4.78 is 0. The fraction of sp³-hybridized carbons (Fsp3) is 0.0652. The average molecular weight is 658 g/mol. The number of benzene rings is 5. The van der Waals surface area contributed by atoms with Gasteiger partial charge < -0.3 is 0 Å². The average Bonchev–Trinajstić information content (AvgIpc) is 3.22. The number of hydrogen-bond acceptors (Lipinski definition) is 5. The molecule has 8 rings (SSSR count). The normalized spacial score (nSPS) is 11.3. The van der Waals surface area contributed by atoms with E-state index in [4.69, 9.17) is 24.9 Å². The molecule has 0 fully saturated rings. The van der Waals surface area contributed by atoms with Crippen molar-refractivity contribution in [2.75, 3.05) is 0 Å². The second-order valence-electron chi connectivity index (χ2n) is 12.9. The van der Waals surface area contributed by atoms with Gasteiger partial charge in [-0.3, -0.25) is 9.97 Å². The molecule has 0 aliphatic rings. The molecule has 3 heterocycles. The Morgan fingerprint density at radius 1 is 0.314 bits per heavy atom. The van der Waals surface area contributed by atoms with Gasteiger partial charge in [0.15, 0.2) is 17.5 Å². The number of aromatic nitrogens is 5. The van der Waals surface area contributed by atoms with E-state index in [9.17, 15) is 0 Å². The molecule has 0 unspecified atom stereocenters. The van der Waals surface area contributed by atoms with Crippen molar-refractivity contribution in [2.45, 2.75) is 19.3 Å². The molecule has 244 valence electrons. The van der Waals surface area contributed by atoms with Crippen molar-refractivity contribution in [1.29, 1.82) is 0 Å². The van der Waals surface area contributed by atoms with E-state index < -0.39 is 5.41 Å². The van der Waals surface area contributed by atoms with Gasteiger partial charge in [0.2, 0.25) is 0 Å². The highest BCUT2D eigenvalue weighted by Crippen LogP contribution is 2.41. The molecule has 0 radical (unpaired) electrons. The van der Waals surface area contributed by atoms with E-state index in [0.29, 0.717) is 17.5 Å². The molecule has 51 heavy (non-hydrogen) atoms. The van der Waals surface area contributed by atoms with Gasteiger partial charge in [0.25, 0.3) is 0 Å². The zero-order valence-electron chi connectivity index (χ0n) is 28.5. The highest BCUT2D eigenvalue weighted by Gasteiger charge is 2.31. The van der Waals surface area contributed by atoms with Gasteiger partial charge in [-0.1, -0.05) is 158 Å². The molecule has 0 N–H and O–H groups in total. The molecule has 0 amide bonds. The fourth-order valence-corrected chi connectivity index (χ4v) is 6.44. The summed E-state index contributed by atoms with van der Waals surface area (Å²) in [5.74, 6) is 1.84. The van der Waals surface area contributed by atoms with Crippen molar-refractivity contribution in [1.82, 2.24) is 24.9 Å². The Morgan fingerprint density at radius 3 is 1.31 bits per heavy atom. The lowest BCUT2D eigenvalue weighted by Gasteiger charge is -2.28. The molecule has 0 aliphatic carbocycles. The molecule has 0 spiro atoms. The minimum Gasteiger partial charge on any atom is -0.252 e. The van der Waals surface area contributed by atoms with Crippen LogP contribution in [0.15, 0.2) is 176 Å². The topological polar surface area (TPSA) is 64.5 Å². The van der Waals surface area contributed by atoms with Gasteiger partial charge >= 0.3 is 0 Å². The van der Waals surface area contributed by atoms with Gasteiger partial charge in [-0.2, -0.15) is 0 Å². The molecule has 5 aromatic carbocycles. The van der Waals surface area contributed by atoms with Crippen LogP contribution in [0.4, 0.5) is 0 Å². The number of hydrogen-bond donors (Lipinski definition) is 0. The highest BCUT2D eigenvalue weighted by molar-refractivity contribution is 5.84. The zero-order chi connectivity index (χ0) is 34.6. The van der Waals surface area contributed by atoms with Crippen LogP contribution in [0.3, 0.4) is 0 Å². The van der Waals surface area contributed by atoms with Crippen molar-refractivity contribution in [3.63, 3.8) is 0 Å². The molecular formula is C46H35N5. The summed E-state index contributed by atoms with van der Waals surface area (Å²) in [6, 6.07) is 59.6. The van der Waals surface area contributed by atoms with Crippen LogP contribution in [0, 0.1) is 0 Å². The van der Waals surface area contributed by atoms with Crippen LogP contribution in [0.25, 0.3) is 67.8 Å². The minimum absolute atomic E-state index is 0.582. The lowest BCUT2D eigenvalue weighted by Crippen LogP contribution is -2.24. The maximum atomic E-state index is 5.44. The molecule has 5 nitrogen and oxygen atoms in total. The van der Waals surface area contributed by atoms with E-state index in [1.165, 1.54) is 0 Å². The van der Waals surface area contributed by atoms with E-state index in [-0.39, 0.29) is 0 Å². The van der Waals surface area contributed by atoms with Crippen LogP contribution in [0.1, 0.15) is 25.2 Å². The zero-order valence-corrected chi connectivity index (χ0v) is 28.5. The first-order valence-electron chi connectivity index (χ1n) is 17.1. The van der Waals surface area contributed by atoms with Gasteiger partial charge in [0.05, 0.1) is 22.8 Å². The Kier molecular flexibility index (Phi) is 8.52. The lowest BCUT2D eigenvalue weighted by molar-refractivity contribution is 0.599. The smallest absolute Gasteiger partial charge is 0.164 e. The summed E-state index contributed by atoms with van der Waals surface area (Å²) in [5.41, 5.74) is 9.93. The van der Waals surface area contributed by atoms with Crippen molar-refractivity contribution in [3.05, 3.63) is 187 Å². The van der Waals surface area contributed by atoms with Crippen LogP contribution in [-0.4, -0.2) is 24.9 Å². The Balaban J connectivity index is 1.33. The third kappa shape index (κ3) is 6.45. The minimum atomic E-state index is -0.582. The van der Waals surface area contributed by atoms with Crippen LogP contribution in [0.2, 0.25) is 0 Å². The Hall–Kier alpha value is -6.59. The summed E-state index contributed by atoms with van der Waals surface area (Å²) in [7, 11) is 0. The molecule has 3 aromatic heterocycles. The van der Waals surface area contributed by atoms with Gasteiger partial charge in [-0.25, -0.2) is 15.0 Å². The maximum absolute atomic E-state index is 5.44. The molecule has 8 aromatic rings. The summed E-state index contributed by atoms with van der Waals surface area (Å²) in [4.78, 5) is 25.8. The van der Waals surface area contributed by atoms with Crippen LogP contribution < -0.4 is 0 Å². The first kappa shape index (κ1) is 31.7. The van der Waals surface area contributed by atoms with Gasteiger partial charge in [-0.05, 0) is 37.6 Å². The predicted octanol–water partition coefficient (Wildman–Crippen LogP) is 11.0. The van der Waals surface area contributed by atoms with E-state index in [1.807, 2.05) is 103 Å². The third-order valence-corrected chi connectivity index (χ3v) is 9.17. The van der Waals surface area contributed by atoms with Crippen LogP contribution in [-0.2, 0) is 5.41 Å². The van der Waals surface area contributed by atoms with Gasteiger partial charge in [-0.15, -0.1) is 0 Å². The van der Waals surface area contributed by atoms with E-state index in [0.717, 1.165) is 61.7 Å². The van der Waals surface area contributed by atoms with Gasteiger partial charge in [0.1, 0.15) is 0 Å². The second kappa shape index (κ2) is 13.7.